The number of hydrogen-bond acceptors (Lipinski definition) is 2. The van der Waals surface area contributed by atoms with Gasteiger partial charge in [0.1, 0.15) is 0 Å². The largest absolute Gasteiger partial charge is 0.381 e. The molecule has 0 radical (unpaired) electrons. The zero-order valence-electron chi connectivity index (χ0n) is 9.04. The predicted octanol–water partition coefficient (Wildman–Crippen LogP) is 2.90. The fraction of sp³-hybridized carbons (Fsp3) is 1.00. The highest BCUT2D eigenvalue weighted by molar-refractivity contribution is 4.69. The Labute approximate surface area is 87.0 Å². The van der Waals surface area contributed by atoms with E-state index in [0.29, 0.717) is 12.2 Å². The van der Waals surface area contributed by atoms with Crippen LogP contribution >= 0.6 is 0 Å². The van der Waals surface area contributed by atoms with Crippen molar-refractivity contribution in [3.63, 3.8) is 0 Å². The van der Waals surface area contributed by atoms with E-state index >= 15 is 0 Å². The molecule has 2 heteroatoms. The van der Waals surface area contributed by atoms with E-state index in [2.05, 4.69) is 0 Å². The van der Waals surface area contributed by atoms with Crippen LogP contribution in [0.4, 0.5) is 0 Å². The Morgan fingerprint density at radius 3 is 2.29 bits per heavy atom. The van der Waals surface area contributed by atoms with Crippen LogP contribution in [0.5, 0.6) is 0 Å². The van der Waals surface area contributed by atoms with Crippen LogP contribution in [0.2, 0.25) is 0 Å². The van der Waals surface area contributed by atoms with Crippen LogP contribution in [0, 0.1) is 0 Å². The van der Waals surface area contributed by atoms with E-state index in [1.54, 1.807) is 0 Å². The van der Waals surface area contributed by atoms with Gasteiger partial charge in [0.2, 0.25) is 0 Å². The smallest absolute Gasteiger partial charge is 0.0601 e. The van der Waals surface area contributed by atoms with Crippen molar-refractivity contribution in [1.29, 1.82) is 0 Å². The molecule has 2 rings (SSSR count). The van der Waals surface area contributed by atoms with Gasteiger partial charge in [0.05, 0.1) is 12.2 Å². The summed E-state index contributed by atoms with van der Waals surface area (Å²) in [5, 5.41) is 0. The minimum Gasteiger partial charge on any atom is -0.381 e. The van der Waals surface area contributed by atoms with E-state index in [1.807, 2.05) is 0 Å². The van der Waals surface area contributed by atoms with Crippen molar-refractivity contribution in [2.75, 3.05) is 13.2 Å². The van der Waals surface area contributed by atoms with Crippen LogP contribution in [0.15, 0.2) is 0 Å². The fourth-order valence-electron chi connectivity index (χ4n) is 2.48. The first-order valence-corrected chi connectivity index (χ1v) is 6.18. The summed E-state index contributed by atoms with van der Waals surface area (Å²) in [4.78, 5) is 0. The molecule has 1 saturated heterocycles. The minimum atomic E-state index is 0.487. The van der Waals surface area contributed by atoms with Gasteiger partial charge < -0.3 is 9.47 Å². The summed E-state index contributed by atoms with van der Waals surface area (Å²) < 4.78 is 11.6. The molecule has 2 aliphatic rings. The van der Waals surface area contributed by atoms with Crippen LogP contribution in [-0.2, 0) is 9.47 Å². The molecule has 0 amide bonds. The highest BCUT2D eigenvalue weighted by atomic mass is 16.5. The van der Waals surface area contributed by atoms with Crippen molar-refractivity contribution in [3.8, 4) is 0 Å². The summed E-state index contributed by atoms with van der Waals surface area (Å²) in [6.45, 7) is 1.84. The predicted molar refractivity (Wildman–Crippen MR) is 56.4 cm³/mol. The lowest BCUT2D eigenvalue weighted by atomic mass is 9.97. The Morgan fingerprint density at radius 1 is 0.714 bits per heavy atom. The molecule has 0 aromatic carbocycles. The molecule has 2 fully saturated rings. The fourth-order valence-corrected chi connectivity index (χ4v) is 2.48. The molecule has 82 valence electrons. The molecule has 1 unspecified atom stereocenters. The van der Waals surface area contributed by atoms with Crippen LogP contribution < -0.4 is 0 Å². The van der Waals surface area contributed by atoms with E-state index in [9.17, 15) is 0 Å². The van der Waals surface area contributed by atoms with Gasteiger partial charge in [0, 0.05) is 13.2 Å². The zero-order chi connectivity index (χ0) is 9.64. The third-order valence-electron chi connectivity index (χ3n) is 3.34. The molecular formula is C12H22O2. The normalized spacial score (nSPS) is 31.3. The van der Waals surface area contributed by atoms with Crippen molar-refractivity contribution < 1.29 is 9.47 Å². The van der Waals surface area contributed by atoms with Gasteiger partial charge in [-0.25, -0.2) is 0 Å². The van der Waals surface area contributed by atoms with Gasteiger partial charge in [-0.2, -0.15) is 0 Å². The van der Waals surface area contributed by atoms with Crippen molar-refractivity contribution in [1.82, 2.24) is 0 Å². The van der Waals surface area contributed by atoms with Crippen LogP contribution in [0.1, 0.15) is 51.4 Å². The second kappa shape index (κ2) is 5.72. The van der Waals surface area contributed by atoms with Gasteiger partial charge in [0.15, 0.2) is 0 Å². The highest BCUT2D eigenvalue weighted by Gasteiger charge is 2.20. The minimum absolute atomic E-state index is 0.487. The molecular weight excluding hydrogens is 176 g/mol. The number of ether oxygens (including phenoxy) is 2. The molecule has 1 aliphatic heterocycles. The van der Waals surface area contributed by atoms with Crippen LogP contribution in [0.3, 0.4) is 0 Å². The molecule has 1 saturated carbocycles. The third kappa shape index (κ3) is 3.25. The van der Waals surface area contributed by atoms with E-state index in [0.717, 1.165) is 19.6 Å². The van der Waals surface area contributed by atoms with E-state index in [1.165, 1.54) is 44.9 Å². The van der Waals surface area contributed by atoms with Crippen molar-refractivity contribution in [2.45, 2.75) is 63.6 Å². The summed E-state index contributed by atoms with van der Waals surface area (Å²) in [5.41, 5.74) is 0. The lowest BCUT2D eigenvalue weighted by Crippen LogP contribution is -2.24. The first kappa shape index (κ1) is 10.4. The third-order valence-corrected chi connectivity index (χ3v) is 3.34. The Bertz CT molecular complexity index is 144. The summed E-state index contributed by atoms with van der Waals surface area (Å²) >= 11 is 0. The summed E-state index contributed by atoms with van der Waals surface area (Å²) in [6.07, 6.45) is 11.3. The average molecular weight is 198 g/mol. The molecule has 0 spiro atoms. The molecule has 0 bridgehead atoms. The topological polar surface area (TPSA) is 18.5 Å². The quantitative estimate of drug-likeness (QED) is 0.679. The lowest BCUT2D eigenvalue weighted by molar-refractivity contribution is -0.0375. The maximum atomic E-state index is 6.13. The highest BCUT2D eigenvalue weighted by Crippen LogP contribution is 2.24. The van der Waals surface area contributed by atoms with E-state index in [-0.39, 0.29) is 0 Å². The maximum absolute atomic E-state index is 6.13. The van der Waals surface area contributed by atoms with E-state index < -0.39 is 0 Å². The first-order chi connectivity index (χ1) is 6.95. The van der Waals surface area contributed by atoms with Gasteiger partial charge in [-0.1, -0.05) is 19.3 Å². The lowest BCUT2D eigenvalue weighted by Gasteiger charge is -2.26. The summed E-state index contributed by atoms with van der Waals surface area (Å²) in [7, 11) is 0. The second-order valence-corrected chi connectivity index (χ2v) is 4.56. The molecule has 14 heavy (non-hydrogen) atoms. The molecule has 1 heterocycles. The molecule has 2 nitrogen and oxygen atoms in total. The van der Waals surface area contributed by atoms with Crippen molar-refractivity contribution >= 4 is 0 Å². The summed E-state index contributed by atoms with van der Waals surface area (Å²) in [6, 6.07) is 0. The summed E-state index contributed by atoms with van der Waals surface area (Å²) in [5.74, 6) is 0. The number of hydrogen-bond donors (Lipinski definition) is 0. The molecule has 1 aliphatic carbocycles. The zero-order valence-corrected chi connectivity index (χ0v) is 9.04. The molecule has 0 aromatic heterocycles. The van der Waals surface area contributed by atoms with Gasteiger partial charge in [-0.3, -0.25) is 0 Å². The van der Waals surface area contributed by atoms with E-state index in [4.69, 9.17) is 9.47 Å². The average Bonchev–Trinajstić information content (AvgIpc) is 2.48. The Balaban J connectivity index is 1.71. The monoisotopic (exact) mass is 198 g/mol. The van der Waals surface area contributed by atoms with Crippen LogP contribution in [-0.4, -0.2) is 25.4 Å². The maximum Gasteiger partial charge on any atom is 0.0601 e. The Kier molecular flexibility index (Phi) is 4.26. The van der Waals surface area contributed by atoms with Crippen molar-refractivity contribution in [2.24, 2.45) is 0 Å². The first-order valence-electron chi connectivity index (χ1n) is 6.18. The van der Waals surface area contributed by atoms with Gasteiger partial charge in [-0.15, -0.1) is 0 Å². The SMILES string of the molecule is C1CCC(OC2CCCOCC2)CC1. The molecule has 0 aromatic rings. The van der Waals surface area contributed by atoms with Crippen molar-refractivity contribution in [3.05, 3.63) is 0 Å². The van der Waals surface area contributed by atoms with Gasteiger partial charge in [0.25, 0.3) is 0 Å². The second-order valence-electron chi connectivity index (χ2n) is 4.56. The Morgan fingerprint density at radius 2 is 1.43 bits per heavy atom. The van der Waals surface area contributed by atoms with Gasteiger partial charge >= 0.3 is 0 Å². The molecule has 0 N–H and O–H groups in total. The number of rotatable bonds is 2. The van der Waals surface area contributed by atoms with Crippen LogP contribution in [0.25, 0.3) is 0 Å². The standard InChI is InChI=1S/C12H22O2/c1-2-5-11(6-3-1)14-12-7-4-9-13-10-8-12/h11-12H,1-10H2. The molecule has 1 atom stereocenters. The Hall–Kier alpha value is -0.0800. The van der Waals surface area contributed by atoms with Gasteiger partial charge in [-0.05, 0) is 32.1 Å².